The molecular formula is C21H17F3N4O. The van der Waals surface area contributed by atoms with E-state index in [2.05, 4.69) is 15.6 Å². The number of hydrogen-bond donors (Lipinski definition) is 2. The van der Waals surface area contributed by atoms with Gasteiger partial charge in [-0.3, -0.25) is 4.98 Å². The highest BCUT2D eigenvalue weighted by molar-refractivity contribution is 6.01. The maximum atomic E-state index is 13.5. The number of hydrogen-bond acceptors (Lipinski definition) is 3. The molecule has 148 valence electrons. The summed E-state index contributed by atoms with van der Waals surface area (Å²) in [5, 5.41) is 7.69. The number of piperidine rings is 1. The zero-order valence-electron chi connectivity index (χ0n) is 15.2. The van der Waals surface area contributed by atoms with Crippen LogP contribution >= 0.6 is 0 Å². The standard InChI is InChI=1S/C21H17F3N4O/c22-16-6-12(7-17(23)19(16)24)28-9-14-15(10-28)20(14)27-21(29)26-18-3-1-2-11-8-25-5-4-13(11)18/h1-8,14-15,20H,9-10H2,(H2,26,27,29). The number of nitrogens with one attached hydrogen (secondary N) is 2. The predicted molar refractivity (Wildman–Crippen MR) is 103 cm³/mol. The molecule has 29 heavy (non-hydrogen) atoms. The van der Waals surface area contributed by atoms with Crippen LogP contribution in [0.25, 0.3) is 10.8 Å². The zero-order chi connectivity index (χ0) is 20.1. The number of rotatable bonds is 3. The van der Waals surface area contributed by atoms with Crippen LogP contribution in [0, 0.1) is 29.3 Å². The van der Waals surface area contributed by atoms with Crippen LogP contribution in [0.5, 0.6) is 0 Å². The number of fused-ring (bicyclic) bond motifs is 2. The van der Waals surface area contributed by atoms with E-state index in [9.17, 15) is 18.0 Å². The van der Waals surface area contributed by atoms with Crippen molar-refractivity contribution >= 4 is 28.2 Å². The van der Waals surface area contributed by atoms with Gasteiger partial charge in [-0.15, -0.1) is 0 Å². The van der Waals surface area contributed by atoms with Crippen LogP contribution in [0.2, 0.25) is 0 Å². The minimum atomic E-state index is -1.46. The molecule has 0 radical (unpaired) electrons. The third-order valence-corrected chi connectivity index (χ3v) is 5.75. The van der Waals surface area contributed by atoms with Crippen LogP contribution in [0.4, 0.5) is 29.3 Å². The maximum absolute atomic E-state index is 13.5. The molecule has 2 amide bonds. The van der Waals surface area contributed by atoms with E-state index >= 15 is 0 Å². The van der Waals surface area contributed by atoms with Crippen LogP contribution in [0.1, 0.15) is 0 Å². The molecule has 2 aliphatic rings. The molecule has 1 aliphatic carbocycles. The normalized spacial score (nSPS) is 22.4. The van der Waals surface area contributed by atoms with Gasteiger partial charge in [-0.2, -0.15) is 0 Å². The third-order valence-electron chi connectivity index (χ3n) is 5.75. The smallest absolute Gasteiger partial charge is 0.319 e. The minimum Gasteiger partial charge on any atom is -0.371 e. The first-order valence-corrected chi connectivity index (χ1v) is 9.31. The van der Waals surface area contributed by atoms with Gasteiger partial charge in [0.05, 0.1) is 5.69 Å². The topological polar surface area (TPSA) is 57.3 Å². The van der Waals surface area contributed by atoms with Crippen molar-refractivity contribution in [3.8, 4) is 0 Å². The number of urea groups is 1. The summed E-state index contributed by atoms with van der Waals surface area (Å²) >= 11 is 0. The van der Waals surface area contributed by atoms with Crippen LogP contribution in [-0.2, 0) is 0 Å². The summed E-state index contributed by atoms with van der Waals surface area (Å²) < 4.78 is 40.1. The van der Waals surface area contributed by atoms with Crippen molar-refractivity contribution in [2.24, 2.45) is 11.8 Å². The molecule has 2 atom stereocenters. The highest BCUT2D eigenvalue weighted by Gasteiger charge is 2.56. The molecule has 0 bridgehead atoms. The van der Waals surface area contributed by atoms with E-state index < -0.39 is 17.5 Å². The number of anilines is 2. The highest BCUT2D eigenvalue weighted by Crippen LogP contribution is 2.47. The van der Waals surface area contributed by atoms with Gasteiger partial charge >= 0.3 is 6.03 Å². The number of carbonyl (C=O) groups excluding carboxylic acids is 1. The van der Waals surface area contributed by atoms with Crippen molar-refractivity contribution in [2.45, 2.75) is 6.04 Å². The van der Waals surface area contributed by atoms with E-state index in [4.69, 9.17) is 0 Å². The van der Waals surface area contributed by atoms with E-state index in [1.165, 1.54) is 0 Å². The molecule has 2 heterocycles. The van der Waals surface area contributed by atoms with Crippen LogP contribution in [0.15, 0.2) is 48.8 Å². The Balaban J connectivity index is 1.21. The number of carbonyl (C=O) groups is 1. The van der Waals surface area contributed by atoms with Gasteiger partial charge in [0.2, 0.25) is 0 Å². The lowest BCUT2D eigenvalue weighted by Gasteiger charge is -2.22. The van der Waals surface area contributed by atoms with Crippen molar-refractivity contribution in [1.82, 2.24) is 10.3 Å². The van der Waals surface area contributed by atoms with Gasteiger partial charge in [0.1, 0.15) is 0 Å². The molecule has 0 spiro atoms. The fourth-order valence-electron chi connectivity index (χ4n) is 4.22. The molecule has 1 saturated heterocycles. The fraction of sp³-hybridized carbons (Fsp3) is 0.238. The average molecular weight is 398 g/mol. The Morgan fingerprint density at radius 2 is 1.79 bits per heavy atom. The summed E-state index contributed by atoms with van der Waals surface area (Å²) in [6, 6.07) is 9.18. The highest BCUT2D eigenvalue weighted by atomic mass is 19.2. The molecule has 2 unspecified atom stereocenters. The van der Waals surface area contributed by atoms with Gasteiger partial charge in [0, 0.05) is 72.0 Å². The molecule has 1 aliphatic heterocycles. The van der Waals surface area contributed by atoms with Gasteiger partial charge in [-0.05, 0) is 12.1 Å². The quantitative estimate of drug-likeness (QED) is 0.658. The predicted octanol–water partition coefficient (Wildman–Crippen LogP) is 3.91. The molecular weight excluding hydrogens is 381 g/mol. The van der Waals surface area contributed by atoms with E-state index in [1.807, 2.05) is 29.2 Å². The number of benzene rings is 2. The van der Waals surface area contributed by atoms with Gasteiger partial charge < -0.3 is 15.5 Å². The van der Waals surface area contributed by atoms with E-state index in [1.54, 1.807) is 12.4 Å². The molecule has 5 rings (SSSR count). The number of nitrogens with zero attached hydrogens (tertiary/aromatic N) is 2. The molecule has 5 nitrogen and oxygen atoms in total. The Hall–Kier alpha value is -3.29. The zero-order valence-corrected chi connectivity index (χ0v) is 15.2. The average Bonchev–Trinajstić information content (AvgIpc) is 3.14. The first-order chi connectivity index (χ1) is 14.0. The van der Waals surface area contributed by atoms with E-state index in [-0.39, 0.29) is 23.9 Å². The Bertz CT molecular complexity index is 1080. The summed E-state index contributed by atoms with van der Waals surface area (Å²) in [5.74, 6) is -3.44. The molecule has 3 aromatic rings. The van der Waals surface area contributed by atoms with Crippen molar-refractivity contribution in [3.05, 3.63) is 66.2 Å². The Labute approximate surface area is 164 Å². The maximum Gasteiger partial charge on any atom is 0.319 e. The molecule has 1 aromatic heterocycles. The first kappa shape index (κ1) is 17.8. The Morgan fingerprint density at radius 3 is 2.52 bits per heavy atom. The molecule has 2 N–H and O–H groups in total. The number of aromatic nitrogens is 1. The second-order valence-electron chi connectivity index (χ2n) is 7.48. The number of halogens is 3. The SMILES string of the molecule is O=C(Nc1cccc2cnccc12)NC1C2CN(c3cc(F)c(F)c(F)c3)CC21. The van der Waals surface area contributed by atoms with Crippen molar-refractivity contribution in [1.29, 1.82) is 0 Å². The molecule has 2 fully saturated rings. The third kappa shape index (κ3) is 3.14. The second-order valence-corrected chi connectivity index (χ2v) is 7.48. The fourth-order valence-corrected chi connectivity index (χ4v) is 4.22. The number of pyridine rings is 1. The van der Waals surface area contributed by atoms with Crippen molar-refractivity contribution in [3.63, 3.8) is 0 Å². The van der Waals surface area contributed by atoms with E-state index in [0.717, 1.165) is 22.9 Å². The summed E-state index contributed by atoms with van der Waals surface area (Å²) in [4.78, 5) is 18.3. The van der Waals surface area contributed by atoms with Gasteiger partial charge in [0.25, 0.3) is 0 Å². The monoisotopic (exact) mass is 398 g/mol. The summed E-state index contributed by atoms with van der Waals surface area (Å²) in [6.45, 7) is 1.11. The second kappa shape index (κ2) is 6.65. The van der Waals surface area contributed by atoms with Crippen LogP contribution in [0.3, 0.4) is 0 Å². The largest absolute Gasteiger partial charge is 0.371 e. The van der Waals surface area contributed by atoms with Crippen LogP contribution in [-0.4, -0.2) is 30.1 Å². The molecule has 2 aromatic carbocycles. The number of amides is 2. The summed E-state index contributed by atoms with van der Waals surface area (Å²) in [5.41, 5.74) is 1.02. The van der Waals surface area contributed by atoms with Crippen molar-refractivity contribution < 1.29 is 18.0 Å². The van der Waals surface area contributed by atoms with E-state index in [0.29, 0.717) is 24.5 Å². The van der Waals surface area contributed by atoms with Gasteiger partial charge in [-0.1, -0.05) is 12.1 Å². The summed E-state index contributed by atoms with van der Waals surface area (Å²) in [6.07, 6.45) is 3.41. The first-order valence-electron chi connectivity index (χ1n) is 9.31. The molecule has 1 saturated carbocycles. The van der Waals surface area contributed by atoms with Crippen molar-refractivity contribution in [2.75, 3.05) is 23.3 Å². The Kier molecular flexibility index (Phi) is 4.08. The lowest BCUT2D eigenvalue weighted by atomic mass is 10.1. The Morgan fingerprint density at radius 1 is 1.07 bits per heavy atom. The summed E-state index contributed by atoms with van der Waals surface area (Å²) in [7, 11) is 0. The molecule has 8 heteroatoms. The van der Waals surface area contributed by atoms with Gasteiger partial charge in [-0.25, -0.2) is 18.0 Å². The lowest BCUT2D eigenvalue weighted by molar-refractivity contribution is 0.250. The minimum absolute atomic E-state index is 0.0121. The van der Waals surface area contributed by atoms with Crippen LogP contribution < -0.4 is 15.5 Å². The van der Waals surface area contributed by atoms with Gasteiger partial charge in [0.15, 0.2) is 17.5 Å². The lowest BCUT2D eigenvalue weighted by Crippen LogP contribution is -2.37.